The molecule has 6 heteroatoms. The van der Waals surface area contributed by atoms with Crippen LogP contribution in [0.1, 0.15) is 65.2 Å². The van der Waals surface area contributed by atoms with Crippen LogP contribution in [0.3, 0.4) is 0 Å². The van der Waals surface area contributed by atoms with Gasteiger partial charge in [0.25, 0.3) is 0 Å². The van der Waals surface area contributed by atoms with E-state index in [-0.39, 0.29) is 11.5 Å². The summed E-state index contributed by atoms with van der Waals surface area (Å²) in [7, 11) is 1.56. The molecule has 0 spiro atoms. The quantitative estimate of drug-likeness (QED) is 0.223. The van der Waals surface area contributed by atoms with Crippen LogP contribution in [0, 0.1) is 6.92 Å². The SMILES string of the molecule is CCCCCC(=O)Nc1ccc2c(c1)c(Cc1cc(C)c(C(=O)O)cc1OC)cn2Cc1ccccc1. The number of unbranched alkanes of at least 4 members (excludes halogenated alkanes) is 2. The molecule has 6 nitrogen and oxygen atoms in total. The normalized spacial score (nSPS) is 11.0. The van der Waals surface area contributed by atoms with Crippen LogP contribution in [0.4, 0.5) is 5.69 Å². The van der Waals surface area contributed by atoms with Gasteiger partial charge in [-0.2, -0.15) is 0 Å². The Labute approximate surface area is 217 Å². The maximum Gasteiger partial charge on any atom is 0.336 e. The number of carboxylic acid groups (broad SMARTS) is 1. The molecule has 4 rings (SSSR count). The Morgan fingerprint density at radius 2 is 1.78 bits per heavy atom. The molecule has 1 heterocycles. The second-order valence-electron chi connectivity index (χ2n) is 9.47. The first-order valence-electron chi connectivity index (χ1n) is 12.8. The van der Waals surface area contributed by atoms with E-state index >= 15 is 0 Å². The van der Waals surface area contributed by atoms with E-state index in [4.69, 9.17) is 4.74 Å². The van der Waals surface area contributed by atoms with Crippen LogP contribution < -0.4 is 10.1 Å². The first kappa shape index (κ1) is 26.0. The van der Waals surface area contributed by atoms with Gasteiger partial charge in [-0.1, -0.05) is 56.2 Å². The van der Waals surface area contributed by atoms with Crippen molar-refractivity contribution in [3.05, 3.63) is 94.7 Å². The molecular formula is C31H34N2O4. The smallest absolute Gasteiger partial charge is 0.336 e. The molecular weight excluding hydrogens is 464 g/mol. The summed E-state index contributed by atoms with van der Waals surface area (Å²) in [4.78, 5) is 24.1. The molecule has 1 amide bonds. The Hall–Kier alpha value is -4.06. The van der Waals surface area contributed by atoms with Crippen molar-refractivity contribution in [2.24, 2.45) is 0 Å². The number of amides is 1. The van der Waals surface area contributed by atoms with Gasteiger partial charge >= 0.3 is 5.97 Å². The number of aromatic carboxylic acids is 1. The Morgan fingerprint density at radius 1 is 1.00 bits per heavy atom. The number of benzene rings is 3. The first-order valence-corrected chi connectivity index (χ1v) is 12.8. The fraction of sp³-hybridized carbons (Fsp3) is 0.290. The Morgan fingerprint density at radius 3 is 2.49 bits per heavy atom. The molecule has 2 N–H and O–H groups in total. The number of hydrogen-bond acceptors (Lipinski definition) is 3. The lowest BCUT2D eigenvalue weighted by atomic mass is 9.98. The van der Waals surface area contributed by atoms with Crippen LogP contribution in [0.15, 0.2) is 66.9 Å². The van der Waals surface area contributed by atoms with Crippen LogP contribution in [-0.2, 0) is 17.8 Å². The predicted molar refractivity (Wildman–Crippen MR) is 148 cm³/mol. The van der Waals surface area contributed by atoms with Crippen LogP contribution >= 0.6 is 0 Å². The lowest BCUT2D eigenvalue weighted by molar-refractivity contribution is -0.116. The van der Waals surface area contributed by atoms with Gasteiger partial charge in [-0.05, 0) is 59.9 Å². The zero-order valence-electron chi connectivity index (χ0n) is 21.7. The number of hydrogen-bond donors (Lipinski definition) is 2. The summed E-state index contributed by atoms with van der Waals surface area (Å²) in [6.45, 7) is 4.64. The standard InChI is InChI=1S/C31H34N2O4/c1-4-5-7-12-30(34)32-25-13-14-28-27(17-25)24(20-33(28)19-22-10-8-6-9-11-22)16-23-15-21(2)26(31(35)36)18-29(23)37-3/h6,8-11,13-15,17-18,20H,4-5,7,12,16,19H2,1-3H3,(H,32,34)(H,35,36). The second-order valence-corrected chi connectivity index (χ2v) is 9.47. The number of ether oxygens (including phenoxy) is 1. The fourth-order valence-corrected chi connectivity index (χ4v) is 4.77. The van der Waals surface area contributed by atoms with Gasteiger partial charge in [-0.3, -0.25) is 4.79 Å². The summed E-state index contributed by atoms with van der Waals surface area (Å²) in [5.74, 6) is -0.395. The van der Waals surface area contributed by atoms with Crippen LogP contribution in [-0.4, -0.2) is 28.7 Å². The summed E-state index contributed by atoms with van der Waals surface area (Å²) in [6.07, 6.45) is 6.23. The number of carboxylic acids is 1. The molecule has 0 aliphatic carbocycles. The highest BCUT2D eigenvalue weighted by Crippen LogP contribution is 2.32. The Balaban J connectivity index is 1.73. The highest BCUT2D eigenvalue weighted by molar-refractivity contribution is 5.95. The van der Waals surface area contributed by atoms with Gasteiger partial charge in [0.1, 0.15) is 5.75 Å². The molecule has 0 aliphatic heterocycles. The third kappa shape index (κ3) is 6.20. The average molecular weight is 499 g/mol. The molecule has 4 aromatic rings. The van der Waals surface area contributed by atoms with Crippen LogP contribution in [0.25, 0.3) is 10.9 Å². The number of aromatic nitrogens is 1. The number of aryl methyl sites for hydroxylation is 1. The largest absolute Gasteiger partial charge is 0.496 e. The van der Waals surface area contributed by atoms with Crippen molar-refractivity contribution in [2.45, 2.75) is 52.5 Å². The number of anilines is 1. The number of carbonyl (C=O) groups is 2. The number of methoxy groups -OCH3 is 1. The van der Waals surface area contributed by atoms with Crippen molar-refractivity contribution in [1.29, 1.82) is 0 Å². The van der Waals surface area contributed by atoms with Crippen LogP contribution in [0.5, 0.6) is 5.75 Å². The summed E-state index contributed by atoms with van der Waals surface area (Å²) in [5.41, 5.74) is 5.96. The van der Waals surface area contributed by atoms with Gasteiger partial charge in [0.15, 0.2) is 0 Å². The number of nitrogens with one attached hydrogen (secondary N) is 1. The zero-order valence-corrected chi connectivity index (χ0v) is 21.7. The predicted octanol–water partition coefficient (Wildman–Crippen LogP) is 6.81. The van der Waals surface area contributed by atoms with Crippen LogP contribution in [0.2, 0.25) is 0 Å². The van der Waals surface area contributed by atoms with E-state index < -0.39 is 5.97 Å². The van der Waals surface area contributed by atoms with Crippen molar-refractivity contribution >= 4 is 28.5 Å². The van der Waals surface area contributed by atoms with Gasteiger partial charge in [0.2, 0.25) is 5.91 Å². The van der Waals surface area contributed by atoms with Crippen molar-refractivity contribution < 1.29 is 19.4 Å². The number of carbonyl (C=O) groups excluding carboxylic acids is 1. The van der Waals surface area contributed by atoms with Crippen molar-refractivity contribution in [3.8, 4) is 5.75 Å². The van der Waals surface area contributed by atoms with Gasteiger partial charge in [0.05, 0.1) is 12.7 Å². The van der Waals surface area contributed by atoms with E-state index in [9.17, 15) is 14.7 Å². The minimum absolute atomic E-state index is 0.0274. The van der Waals surface area contributed by atoms with E-state index in [2.05, 4.69) is 41.2 Å². The number of rotatable bonds is 11. The molecule has 0 atom stereocenters. The average Bonchev–Trinajstić information content (AvgIpc) is 3.20. The minimum atomic E-state index is -0.971. The molecule has 192 valence electrons. The lowest BCUT2D eigenvalue weighted by Gasteiger charge is -2.12. The summed E-state index contributed by atoms with van der Waals surface area (Å²) in [6, 6.07) is 19.8. The first-order chi connectivity index (χ1) is 17.9. The number of nitrogens with zero attached hydrogens (tertiary/aromatic N) is 1. The zero-order chi connectivity index (χ0) is 26.4. The molecule has 3 aromatic carbocycles. The third-order valence-electron chi connectivity index (χ3n) is 6.69. The Kier molecular flexibility index (Phi) is 8.29. The molecule has 0 radical (unpaired) electrons. The molecule has 0 aliphatic rings. The van der Waals surface area contributed by atoms with Gasteiger partial charge in [-0.25, -0.2) is 4.79 Å². The molecule has 1 aromatic heterocycles. The van der Waals surface area contributed by atoms with E-state index in [1.165, 1.54) is 5.56 Å². The molecule has 0 unspecified atom stereocenters. The number of fused-ring (bicyclic) bond motifs is 1. The molecule has 0 bridgehead atoms. The van der Waals surface area contributed by atoms with Gasteiger partial charge in [-0.15, -0.1) is 0 Å². The molecule has 0 saturated heterocycles. The van der Waals surface area contributed by atoms with E-state index in [1.54, 1.807) is 20.1 Å². The molecule has 0 fully saturated rings. The van der Waals surface area contributed by atoms with Crippen molar-refractivity contribution in [2.75, 3.05) is 12.4 Å². The lowest BCUT2D eigenvalue weighted by Crippen LogP contribution is -2.11. The van der Waals surface area contributed by atoms with Gasteiger partial charge < -0.3 is 19.7 Å². The monoisotopic (exact) mass is 498 g/mol. The Bertz CT molecular complexity index is 1410. The topological polar surface area (TPSA) is 80.6 Å². The van der Waals surface area contributed by atoms with E-state index in [0.717, 1.165) is 47.0 Å². The van der Waals surface area contributed by atoms with Gasteiger partial charge in [0, 0.05) is 42.2 Å². The van der Waals surface area contributed by atoms with Crippen molar-refractivity contribution in [3.63, 3.8) is 0 Å². The summed E-state index contributed by atoms with van der Waals surface area (Å²) in [5, 5.41) is 13.6. The maximum absolute atomic E-state index is 12.5. The van der Waals surface area contributed by atoms with Crippen molar-refractivity contribution in [1.82, 2.24) is 4.57 Å². The fourth-order valence-electron chi connectivity index (χ4n) is 4.77. The maximum atomic E-state index is 12.5. The summed E-state index contributed by atoms with van der Waals surface area (Å²) >= 11 is 0. The van der Waals surface area contributed by atoms with E-state index in [1.807, 2.05) is 36.4 Å². The molecule has 0 saturated carbocycles. The summed E-state index contributed by atoms with van der Waals surface area (Å²) < 4.78 is 7.79. The second kappa shape index (κ2) is 11.8. The highest BCUT2D eigenvalue weighted by Gasteiger charge is 2.17. The highest BCUT2D eigenvalue weighted by atomic mass is 16.5. The minimum Gasteiger partial charge on any atom is -0.496 e. The third-order valence-corrected chi connectivity index (χ3v) is 6.69. The molecule has 37 heavy (non-hydrogen) atoms. The van der Waals surface area contributed by atoms with E-state index in [0.29, 0.717) is 30.7 Å².